The first-order valence-corrected chi connectivity index (χ1v) is 23.6. The summed E-state index contributed by atoms with van der Waals surface area (Å²) in [5, 5.41) is 9.09. The molecule has 0 aliphatic heterocycles. The summed E-state index contributed by atoms with van der Waals surface area (Å²) in [4.78, 5) is 43.1. The maximum Gasteiger partial charge on any atom is 0.247 e. The number of hydrogen-bond donors (Lipinski definition) is 4. The van der Waals surface area contributed by atoms with Crippen LogP contribution in [0.4, 0.5) is 11.4 Å². The Morgan fingerprint density at radius 2 is 1.25 bits per heavy atom. The van der Waals surface area contributed by atoms with Gasteiger partial charge in [-0.2, -0.15) is 4.72 Å². The molecule has 64 heavy (non-hydrogen) atoms. The summed E-state index contributed by atoms with van der Waals surface area (Å²) in [7, 11) is -1.20. The van der Waals surface area contributed by atoms with Gasteiger partial charge in [-0.3, -0.25) is 14.4 Å². The molecule has 0 heterocycles. The molecule has 0 aromatic heterocycles. The molecule has 1 saturated carbocycles. The lowest BCUT2D eigenvalue weighted by Gasteiger charge is -2.55. The fourth-order valence-electron chi connectivity index (χ4n) is 10.0. The Morgan fingerprint density at radius 3 is 1.80 bits per heavy atom. The van der Waals surface area contributed by atoms with Gasteiger partial charge in [0, 0.05) is 29.9 Å². The van der Waals surface area contributed by atoms with Crippen LogP contribution in [0.25, 0.3) is 0 Å². The SMILES string of the molecule is COc1cccc(NC(=O)[C@H](Cc2ccccc2)NC(=O)[C@]2(C)CCC[C@]3(C)c4cc(S(=O)(=O)N[C@@H](Cc5ccccc5)C(=O)Nc5cccc(OC)c5)c(C(C)C)cc4CC[C@@H]23)c1. The van der Waals surface area contributed by atoms with Gasteiger partial charge in [0.15, 0.2) is 0 Å². The lowest BCUT2D eigenvalue weighted by Crippen LogP contribution is -2.58. The zero-order valence-electron chi connectivity index (χ0n) is 37.6. The fourth-order valence-corrected chi connectivity index (χ4v) is 11.6. The number of carbonyl (C=O) groups is 3. The zero-order valence-corrected chi connectivity index (χ0v) is 38.4. The number of ether oxygens (including phenoxy) is 2. The lowest BCUT2D eigenvalue weighted by atomic mass is 9.49. The van der Waals surface area contributed by atoms with Crippen LogP contribution in [0.1, 0.15) is 87.1 Å². The van der Waals surface area contributed by atoms with Crippen molar-refractivity contribution in [2.24, 2.45) is 11.3 Å². The molecule has 0 bridgehead atoms. The predicted octanol–water partition coefficient (Wildman–Crippen LogP) is 8.73. The first kappa shape index (κ1) is 46.0. The Labute approximate surface area is 377 Å². The lowest BCUT2D eigenvalue weighted by molar-refractivity contribution is -0.141. The van der Waals surface area contributed by atoms with Crippen LogP contribution in [-0.2, 0) is 49.1 Å². The van der Waals surface area contributed by atoms with Crippen molar-refractivity contribution < 1.29 is 32.3 Å². The van der Waals surface area contributed by atoms with E-state index in [1.807, 2.05) is 93.6 Å². The summed E-state index contributed by atoms with van der Waals surface area (Å²) >= 11 is 0. The van der Waals surface area contributed by atoms with Gasteiger partial charge in [0.2, 0.25) is 27.7 Å². The number of sulfonamides is 1. The summed E-state index contributed by atoms with van der Waals surface area (Å²) in [6.07, 6.45) is 3.89. The van der Waals surface area contributed by atoms with Crippen molar-refractivity contribution in [3.05, 3.63) is 149 Å². The summed E-state index contributed by atoms with van der Waals surface area (Å²) in [5.74, 6) is -0.198. The van der Waals surface area contributed by atoms with Crippen molar-refractivity contribution >= 4 is 39.1 Å². The summed E-state index contributed by atoms with van der Waals surface area (Å²) in [5.41, 5.74) is 3.95. The van der Waals surface area contributed by atoms with Crippen LogP contribution in [0.3, 0.4) is 0 Å². The van der Waals surface area contributed by atoms with Crippen LogP contribution in [-0.4, -0.2) is 52.4 Å². The highest BCUT2D eigenvalue weighted by Gasteiger charge is 2.55. The van der Waals surface area contributed by atoms with E-state index in [9.17, 15) is 22.8 Å². The largest absolute Gasteiger partial charge is 0.497 e. The van der Waals surface area contributed by atoms with E-state index in [2.05, 4.69) is 27.6 Å². The smallest absolute Gasteiger partial charge is 0.247 e. The topological polar surface area (TPSA) is 152 Å². The van der Waals surface area contributed by atoms with Gasteiger partial charge in [0.25, 0.3) is 0 Å². The van der Waals surface area contributed by atoms with E-state index >= 15 is 0 Å². The molecule has 11 nitrogen and oxygen atoms in total. The Bertz CT molecular complexity index is 2590. The molecule has 5 aromatic carbocycles. The van der Waals surface area contributed by atoms with Crippen LogP contribution in [0.2, 0.25) is 0 Å². The normalized spacial score (nSPS) is 20.2. The number of benzene rings is 5. The van der Waals surface area contributed by atoms with E-state index in [0.717, 1.165) is 41.5 Å². The van der Waals surface area contributed by atoms with Gasteiger partial charge < -0.3 is 25.4 Å². The van der Waals surface area contributed by atoms with E-state index < -0.39 is 38.8 Å². The summed E-state index contributed by atoms with van der Waals surface area (Å²) < 4.78 is 43.3. The third-order valence-electron chi connectivity index (χ3n) is 13.4. The zero-order chi connectivity index (χ0) is 45.6. The third-order valence-corrected chi connectivity index (χ3v) is 14.9. The standard InChI is InChI=1S/C52H60N4O7S/c1-34(2)42-30-37-24-25-47-51(3,26-15-27-52(47,4)50(59)55-44(28-35-16-9-7-10-17-35)48(57)53-38-20-13-22-40(31-38)62-5)43(37)33-46(42)64(60,61)56-45(29-36-18-11-8-12-19-36)49(58)54-39-21-14-23-41(32-39)63-6/h7-14,16-23,30-34,44-45,47,56H,15,24-29H2,1-6H3,(H,53,57)(H,54,58)(H,55,59)/t44-,45-,47+,51+,52+/m0/s1. The van der Waals surface area contributed by atoms with Crippen molar-refractivity contribution in [2.75, 3.05) is 24.9 Å². The second kappa shape index (κ2) is 19.4. The minimum atomic E-state index is -4.30. The number of amides is 3. The molecular weight excluding hydrogens is 825 g/mol. The van der Waals surface area contributed by atoms with Crippen molar-refractivity contribution in [3.8, 4) is 11.5 Å². The molecular formula is C52H60N4O7S. The third kappa shape index (κ3) is 10.0. The fraction of sp³-hybridized carbons (Fsp3) is 0.365. The number of anilines is 2. The highest BCUT2D eigenvalue weighted by atomic mass is 32.2. The van der Waals surface area contributed by atoms with E-state index in [-0.39, 0.29) is 41.4 Å². The molecule has 2 aliphatic rings. The number of hydrogen-bond acceptors (Lipinski definition) is 7. The molecule has 7 rings (SSSR count). The molecule has 0 spiro atoms. The van der Waals surface area contributed by atoms with Gasteiger partial charge in [0.1, 0.15) is 23.6 Å². The van der Waals surface area contributed by atoms with Crippen molar-refractivity contribution in [1.29, 1.82) is 0 Å². The first-order valence-electron chi connectivity index (χ1n) is 22.1. The molecule has 1 fully saturated rings. The number of fused-ring (bicyclic) bond motifs is 3. The Morgan fingerprint density at radius 1 is 0.703 bits per heavy atom. The van der Waals surface area contributed by atoms with Crippen molar-refractivity contribution in [1.82, 2.24) is 10.0 Å². The van der Waals surface area contributed by atoms with E-state index in [0.29, 0.717) is 41.3 Å². The highest BCUT2D eigenvalue weighted by Crippen LogP contribution is 2.58. The summed E-state index contributed by atoms with van der Waals surface area (Å²) in [6.45, 7) is 8.12. The maximum atomic E-state index is 14.9. The second-order valence-corrected chi connectivity index (χ2v) is 19.7. The molecule has 0 saturated heterocycles. The number of nitrogens with one attached hydrogen (secondary N) is 4. The summed E-state index contributed by atoms with van der Waals surface area (Å²) in [6, 6.07) is 34.8. The Hall–Kier alpha value is -5.98. The van der Waals surface area contributed by atoms with Crippen LogP contribution < -0.4 is 30.1 Å². The average molecular weight is 885 g/mol. The quantitative estimate of drug-likeness (QED) is 0.0774. The Balaban J connectivity index is 1.20. The number of methoxy groups -OCH3 is 2. The molecule has 5 atom stereocenters. The molecule has 336 valence electrons. The average Bonchev–Trinajstić information content (AvgIpc) is 3.28. The van der Waals surface area contributed by atoms with E-state index in [1.54, 1.807) is 55.6 Å². The molecule has 0 unspecified atom stereocenters. The van der Waals surface area contributed by atoms with Crippen molar-refractivity contribution in [2.45, 2.75) is 101 Å². The van der Waals surface area contributed by atoms with Gasteiger partial charge in [-0.05, 0) is 108 Å². The number of rotatable bonds is 16. The molecule has 12 heteroatoms. The number of carbonyl (C=O) groups excluding carboxylic acids is 3. The predicted molar refractivity (Wildman–Crippen MR) is 251 cm³/mol. The molecule has 5 aromatic rings. The monoisotopic (exact) mass is 884 g/mol. The van der Waals surface area contributed by atoms with Gasteiger partial charge in [-0.15, -0.1) is 0 Å². The molecule has 2 aliphatic carbocycles. The number of aryl methyl sites for hydroxylation is 1. The minimum absolute atomic E-state index is 0.119. The van der Waals surface area contributed by atoms with Crippen molar-refractivity contribution in [3.63, 3.8) is 0 Å². The van der Waals surface area contributed by atoms with Gasteiger partial charge in [0.05, 0.1) is 24.5 Å². The van der Waals surface area contributed by atoms with Crippen LogP contribution in [0.15, 0.2) is 126 Å². The van der Waals surface area contributed by atoms with Crippen LogP contribution in [0.5, 0.6) is 11.5 Å². The highest BCUT2D eigenvalue weighted by molar-refractivity contribution is 7.89. The van der Waals surface area contributed by atoms with Gasteiger partial charge in [-0.1, -0.05) is 113 Å². The first-order chi connectivity index (χ1) is 30.6. The maximum absolute atomic E-state index is 14.9. The minimum Gasteiger partial charge on any atom is -0.497 e. The Kier molecular flexibility index (Phi) is 14.0. The van der Waals surface area contributed by atoms with Crippen LogP contribution >= 0.6 is 0 Å². The van der Waals surface area contributed by atoms with Crippen LogP contribution in [0, 0.1) is 11.3 Å². The van der Waals surface area contributed by atoms with Gasteiger partial charge >= 0.3 is 0 Å². The van der Waals surface area contributed by atoms with Gasteiger partial charge in [-0.25, -0.2) is 8.42 Å². The molecule has 0 radical (unpaired) electrons. The van der Waals surface area contributed by atoms with E-state index in [4.69, 9.17) is 9.47 Å². The second-order valence-electron chi connectivity index (χ2n) is 18.0. The van der Waals surface area contributed by atoms with E-state index in [1.165, 1.54) is 7.11 Å². The molecule has 4 N–H and O–H groups in total. The molecule has 3 amide bonds.